The van der Waals surface area contributed by atoms with Crippen LogP contribution in [0.25, 0.3) is 0 Å². The molecule has 3 atom stereocenters. The number of aliphatic carboxylic acids is 1. The number of nitrogens with two attached hydrogens (primary N) is 2. The van der Waals surface area contributed by atoms with Crippen LogP contribution in [0, 0.1) is 0 Å². The lowest BCUT2D eigenvalue weighted by molar-refractivity contribution is -0.141. The minimum absolute atomic E-state index is 0.0967. The van der Waals surface area contributed by atoms with Gasteiger partial charge in [0.1, 0.15) is 0 Å². The Morgan fingerprint density at radius 3 is 2.67 bits per heavy atom. The van der Waals surface area contributed by atoms with Gasteiger partial charge in [0, 0.05) is 0 Å². The summed E-state index contributed by atoms with van der Waals surface area (Å²) in [7, 11) is 0. The van der Waals surface area contributed by atoms with Crippen LogP contribution in [0.4, 0.5) is 4.79 Å². The summed E-state index contributed by atoms with van der Waals surface area (Å²) in [6.07, 6.45) is 1.13. The molecule has 11 heteroatoms. The van der Waals surface area contributed by atoms with E-state index in [4.69, 9.17) is 21.1 Å². The molecular formula is C13H24N6O5. The molecule has 0 aliphatic heterocycles. The van der Waals surface area contributed by atoms with Gasteiger partial charge in [-0.2, -0.15) is 4.98 Å². The van der Waals surface area contributed by atoms with Crippen molar-refractivity contribution < 1.29 is 24.3 Å². The highest BCUT2D eigenvalue weighted by molar-refractivity contribution is 5.82. The first-order chi connectivity index (χ1) is 11.3. The second-order valence-electron chi connectivity index (χ2n) is 5.32. The topological polar surface area (TPSA) is 190 Å². The summed E-state index contributed by atoms with van der Waals surface area (Å²) in [5.41, 5.74) is 11.3. The van der Waals surface area contributed by atoms with Crippen molar-refractivity contribution in [3.05, 3.63) is 11.7 Å². The molecule has 136 valence electrons. The average molecular weight is 344 g/mol. The Morgan fingerprint density at radius 1 is 1.38 bits per heavy atom. The van der Waals surface area contributed by atoms with Crippen molar-refractivity contribution in [2.24, 2.45) is 11.5 Å². The minimum atomic E-state index is -1.42. The maximum Gasteiger partial charge on any atom is 0.328 e. The number of amides is 2. The predicted octanol–water partition coefficient (Wildman–Crippen LogP) is -1.17. The van der Waals surface area contributed by atoms with Crippen molar-refractivity contribution in [2.45, 2.75) is 50.9 Å². The highest BCUT2D eigenvalue weighted by Crippen LogP contribution is 2.13. The summed E-state index contributed by atoms with van der Waals surface area (Å²) in [6.45, 7) is 1.75. The molecule has 1 aromatic heterocycles. The number of aromatic nitrogens is 2. The zero-order valence-electron chi connectivity index (χ0n) is 13.4. The fourth-order valence-electron chi connectivity index (χ4n) is 1.86. The molecule has 0 bridgehead atoms. The summed E-state index contributed by atoms with van der Waals surface area (Å²) in [6, 6.07) is -2.58. The number of aliphatic hydroxyl groups excluding tert-OH is 1. The maximum atomic E-state index is 11.6. The van der Waals surface area contributed by atoms with Crippen LogP contribution in [0.2, 0.25) is 0 Å². The van der Waals surface area contributed by atoms with Gasteiger partial charge in [-0.15, -0.1) is 0 Å². The van der Waals surface area contributed by atoms with Crippen LogP contribution in [0.5, 0.6) is 0 Å². The number of carboxylic acid groups (broad SMARTS) is 1. The number of unbranched alkanes of at least 4 members (excludes halogenated alkanes) is 1. The molecule has 0 saturated heterocycles. The molecule has 1 aromatic rings. The van der Waals surface area contributed by atoms with Crippen molar-refractivity contribution in [1.29, 1.82) is 0 Å². The first-order valence-corrected chi connectivity index (χ1v) is 7.58. The Labute approximate surface area is 138 Å². The van der Waals surface area contributed by atoms with Gasteiger partial charge < -0.3 is 36.8 Å². The summed E-state index contributed by atoms with van der Waals surface area (Å²) in [4.78, 5) is 26.6. The standard InChI is InChI=1S/C13H24N6O5/c1-7(20)10(12(21)22)18-13(23)16-6-9-17-11(19-24-9)8(15)4-2-3-5-14/h7-8,10,20H,2-6,14-15H2,1H3,(H,21,22)(H2,16,18,23). The van der Waals surface area contributed by atoms with Crippen LogP contribution in [0.1, 0.15) is 43.9 Å². The number of carbonyl (C=O) groups excluding carboxylic acids is 1. The van der Waals surface area contributed by atoms with E-state index in [1.54, 1.807) is 0 Å². The molecule has 1 heterocycles. The summed E-state index contributed by atoms with van der Waals surface area (Å²) >= 11 is 0. The number of nitrogens with one attached hydrogen (secondary N) is 2. The lowest BCUT2D eigenvalue weighted by Gasteiger charge is -2.16. The monoisotopic (exact) mass is 344 g/mol. The Bertz CT molecular complexity index is 535. The highest BCUT2D eigenvalue weighted by atomic mass is 16.5. The number of hydrogen-bond donors (Lipinski definition) is 6. The van der Waals surface area contributed by atoms with Gasteiger partial charge in [-0.3, -0.25) is 0 Å². The van der Waals surface area contributed by atoms with Gasteiger partial charge in [-0.25, -0.2) is 9.59 Å². The highest BCUT2D eigenvalue weighted by Gasteiger charge is 2.25. The molecule has 0 aromatic carbocycles. The molecule has 24 heavy (non-hydrogen) atoms. The fourth-order valence-corrected chi connectivity index (χ4v) is 1.86. The van der Waals surface area contributed by atoms with E-state index in [1.165, 1.54) is 6.92 Å². The van der Waals surface area contributed by atoms with Crippen LogP contribution in [-0.4, -0.2) is 51.0 Å². The van der Waals surface area contributed by atoms with Crippen molar-refractivity contribution >= 4 is 12.0 Å². The third-order valence-corrected chi connectivity index (χ3v) is 3.22. The van der Waals surface area contributed by atoms with Crippen LogP contribution in [-0.2, 0) is 11.3 Å². The van der Waals surface area contributed by atoms with Crippen LogP contribution in [0.15, 0.2) is 4.52 Å². The van der Waals surface area contributed by atoms with Gasteiger partial charge in [0.2, 0.25) is 5.89 Å². The van der Waals surface area contributed by atoms with Crippen molar-refractivity contribution in [3.8, 4) is 0 Å². The van der Waals surface area contributed by atoms with Gasteiger partial charge in [-0.1, -0.05) is 11.6 Å². The molecule has 8 N–H and O–H groups in total. The number of urea groups is 1. The number of nitrogens with zero attached hydrogens (tertiary/aromatic N) is 2. The Hall–Kier alpha value is -2.24. The fraction of sp³-hybridized carbons (Fsp3) is 0.692. The molecule has 0 radical (unpaired) electrons. The van der Waals surface area contributed by atoms with Gasteiger partial charge in [-0.05, 0) is 26.3 Å². The maximum absolute atomic E-state index is 11.6. The molecular weight excluding hydrogens is 320 g/mol. The van der Waals surface area contributed by atoms with Crippen molar-refractivity contribution in [1.82, 2.24) is 20.8 Å². The SMILES string of the molecule is CC(O)C(NC(=O)NCc1nc(C(N)CCCCN)no1)C(=O)O. The molecule has 11 nitrogen and oxygen atoms in total. The van der Waals surface area contributed by atoms with Gasteiger partial charge in [0.15, 0.2) is 11.9 Å². The van der Waals surface area contributed by atoms with Gasteiger partial charge in [0.05, 0.1) is 18.7 Å². The van der Waals surface area contributed by atoms with E-state index in [9.17, 15) is 14.7 Å². The first kappa shape index (κ1) is 19.8. The van der Waals surface area contributed by atoms with E-state index in [0.717, 1.165) is 12.8 Å². The second kappa shape index (κ2) is 9.80. The third kappa shape index (κ3) is 6.48. The molecule has 2 amide bonds. The summed E-state index contributed by atoms with van der Waals surface area (Å²) in [5.74, 6) is -0.876. The molecule has 3 unspecified atom stereocenters. The predicted molar refractivity (Wildman–Crippen MR) is 82.6 cm³/mol. The lowest BCUT2D eigenvalue weighted by Crippen LogP contribution is -2.51. The Kier molecular flexibility index (Phi) is 8.09. The van der Waals surface area contributed by atoms with E-state index in [-0.39, 0.29) is 18.5 Å². The third-order valence-electron chi connectivity index (χ3n) is 3.22. The smallest absolute Gasteiger partial charge is 0.328 e. The molecule has 0 spiro atoms. The van der Waals surface area contributed by atoms with Gasteiger partial charge in [0.25, 0.3) is 0 Å². The zero-order chi connectivity index (χ0) is 18.1. The Balaban J connectivity index is 2.45. The number of hydrogen-bond acceptors (Lipinski definition) is 8. The van der Waals surface area contributed by atoms with Crippen LogP contribution >= 0.6 is 0 Å². The van der Waals surface area contributed by atoms with E-state index in [2.05, 4.69) is 20.8 Å². The van der Waals surface area contributed by atoms with E-state index >= 15 is 0 Å². The summed E-state index contributed by atoms with van der Waals surface area (Å²) < 4.78 is 4.97. The number of carbonyl (C=O) groups is 2. The molecule has 0 saturated carbocycles. The number of rotatable bonds is 10. The zero-order valence-corrected chi connectivity index (χ0v) is 13.4. The molecule has 0 fully saturated rings. The van der Waals surface area contributed by atoms with E-state index < -0.39 is 24.1 Å². The summed E-state index contributed by atoms with van der Waals surface area (Å²) in [5, 5.41) is 26.4. The van der Waals surface area contributed by atoms with Crippen molar-refractivity contribution in [3.63, 3.8) is 0 Å². The van der Waals surface area contributed by atoms with Crippen molar-refractivity contribution in [2.75, 3.05) is 6.54 Å². The molecule has 0 aliphatic carbocycles. The van der Waals surface area contributed by atoms with Crippen LogP contribution < -0.4 is 22.1 Å². The first-order valence-electron chi connectivity index (χ1n) is 7.58. The van der Waals surface area contributed by atoms with E-state index in [0.29, 0.717) is 18.8 Å². The number of carboxylic acids is 1. The van der Waals surface area contributed by atoms with Crippen LogP contribution in [0.3, 0.4) is 0 Å². The van der Waals surface area contributed by atoms with Gasteiger partial charge >= 0.3 is 12.0 Å². The number of aliphatic hydroxyl groups is 1. The largest absolute Gasteiger partial charge is 0.480 e. The second-order valence-corrected chi connectivity index (χ2v) is 5.32. The quantitative estimate of drug-likeness (QED) is 0.284. The molecule has 1 rings (SSSR count). The normalized spacial score (nSPS) is 14.7. The molecule has 0 aliphatic rings. The lowest BCUT2D eigenvalue weighted by atomic mass is 10.1. The minimum Gasteiger partial charge on any atom is -0.480 e. The van der Waals surface area contributed by atoms with E-state index in [1.807, 2.05) is 0 Å². The Morgan fingerprint density at radius 2 is 2.08 bits per heavy atom. The average Bonchev–Trinajstić information content (AvgIpc) is 2.99.